The number of oxazole rings is 1. The van der Waals surface area contributed by atoms with Gasteiger partial charge in [-0.05, 0) is 19.8 Å². The average Bonchev–Trinajstić information content (AvgIpc) is 2.73. The zero-order chi connectivity index (χ0) is 11.8. The van der Waals surface area contributed by atoms with Gasteiger partial charge in [-0.2, -0.15) is 4.98 Å². The Bertz CT molecular complexity index is 324. The molecule has 0 amide bonds. The first kappa shape index (κ1) is 12.5. The van der Waals surface area contributed by atoms with Crippen molar-refractivity contribution in [2.45, 2.75) is 19.8 Å². The molecule has 0 aliphatic heterocycles. The molecular formula is C10H16N2O4. The molecule has 0 radical (unpaired) electrons. The lowest BCUT2D eigenvalue weighted by Gasteiger charge is -1.99. The lowest BCUT2D eigenvalue weighted by molar-refractivity contribution is 0.0519. The smallest absolute Gasteiger partial charge is 0.360 e. The lowest BCUT2D eigenvalue weighted by atomic mass is 10.3. The highest BCUT2D eigenvalue weighted by atomic mass is 16.5. The zero-order valence-electron chi connectivity index (χ0n) is 9.23. The largest absolute Gasteiger partial charge is 0.461 e. The molecule has 0 saturated carbocycles. The Balaban J connectivity index is 2.36. The van der Waals surface area contributed by atoms with Gasteiger partial charge in [0.25, 0.3) is 6.01 Å². The van der Waals surface area contributed by atoms with Crippen molar-refractivity contribution in [2.75, 3.05) is 25.1 Å². The van der Waals surface area contributed by atoms with Crippen molar-refractivity contribution in [1.82, 2.24) is 4.98 Å². The van der Waals surface area contributed by atoms with Gasteiger partial charge in [0.2, 0.25) is 0 Å². The summed E-state index contributed by atoms with van der Waals surface area (Å²) in [6.45, 7) is 2.85. The second-order valence-corrected chi connectivity index (χ2v) is 3.12. The predicted molar refractivity (Wildman–Crippen MR) is 57.3 cm³/mol. The van der Waals surface area contributed by atoms with E-state index >= 15 is 0 Å². The maximum absolute atomic E-state index is 11.2. The summed E-state index contributed by atoms with van der Waals surface area (Å²) in [5, 5.41) is 11.5. The Morgan fingerprint density at radius 3 is 3.12 bits per heavy atom. The highest BCUT2D eigenvalue weighted by Crippen LogP contribution is 2.08. The number of carbonyl (C=O) groups excluding carboxylic acids is 1. The highest BCUT2D eigenvalue weighted by Gasteiger charge is 2.12. The SMILES string of the molecule is CCOC(=O)c1coc(NCCCCO)n1. The molecule has 1 aromatic heterocycles. The highest BCUT2D eigenvalue weighted by molar-refractivity contribution is 5.87. The molecule has 0 unspecified atom stereocenters. The van der Waals surface area contributed by atoms with Crippen LogP contribution in [-0.4, -0.2) is 35.8 Å². The zero-order valence-corrected chi connectivity index (χ0v) is 9.23. The van der Waals surface area contributed by atoms with E-state index in [1.54, 1.807) is 6.92 Å². The predicted octanol–water partition coefficient (Wildman–Crippen LogP) is 1.04. The molecule has 1 aromatic rings. The molecule has 0 saturated heterocycles. The number of nitrogens with one attached hydrogen (secondary N) is 1. The van der Waals surface area contributed by atoms with E-state index in [4.69, 9.17) is 14.3 Å². The Hall–Kier alpha value is -1.56. The topological polar surface area (TPSA) is 84.6 Å². The third-order valence-electron chi connectivity index (χ3n) is 1.85. The summed E-state index contributed by atoms with van der Waals surface area (Å²) < 4.78 is 9.79. The number of carbonyl (C=O) groups is 1. The summed E-state index contributed by atoms with van der Waals surface area (Å²) in [5.74, 6) is -0.491. The van der Waals surface area contributed by atoms with E-state index in [-0.39, 0.29) is 12.3 Å². The number of hydrogen-bond acceptors (Lipinski definition) is 6. The number of ether oxygens (including phenoxy) is 1. The molecule has 6 nitrogen and oxygen atoms in total. The molecule has 2 N–H and O–H groups in total. The van der Waals surface area contributed by atoms with Gasteiger partial charge in [-0.1, -0.05) is 0 Å². The second kappa shape index (κ2) is 6.84. The molecular weight excluding hydrogens is 212 g/mol. The van der Waals surface area contributed by atoms with Gasteiger partial charge in [-0.25, -0.2) is 4.79 Å². The van der Waals surface area contributed by atoms with Gasteiger partial charge >= 0.3 is 5.97 Å². The molecule has 0 aliphatic carbocycles. The second-order valence-electron chi connectivity index (χ2n) is 3.12. The number of aliphatic hydroxyl groups excluding tert-OH is 1. The Morgan fingerprint density at radius 1 is 1.62 bits per heavy atom. The number of anilines is 1. The molecule has 0 spiro atoms. The number of rotatable bonds is 7. The lowest BCUT2D eigenvalue weighted by Crippen LogP contribution is -2.06. The summed E-state index contributed by atoms with van der Waals surface area (Å²) in [5.41, 5.74) is 0.159. The summed E-state index contributed by atoms with van der Waals surface area (Å²) in [7, 11) is 0. The average molecular weight is 228 g/mol. The number of esters is 1. The van der Waals surface area contributed by atoms with Crippen molar-refractivity contribution >= 4 is 12.0 Å². The van der Waals surface area contributed by atoms with Gasteiger partial charge in [0.1, 0.15) is 6.26 Å². The minimum Gasteiger partial charge on any atom is -0.461 e. The van der Waals surface area contributed by atoms with Crippen LogP contribution in [0.4, 0.5) is 6.01 Å². The standard InChI is InChI=1S/C10H16N2O4/c1-2-15-9(14)8-7-16-10(12-8)11-5-3-4-6-13/h7,13H,2-6H2,1H3,(H,11,12). The van der Waals surface area contributed by atoms with Crippen LogP contribution in [-0.2, 0) is 4.74 Å². The van der Waals surface area contributed by atoms with Crippen LogP contribution in [0, 0.1) is 0 Å². The van der Waals surface area contributed by atoms with Crippen molar-refractivity contribution in [3.05, 3.63) is 12.0 Å². The van der Waals surface area contributed by atoms with Crippen LogP contribution in [0.25, 0.3) is 0 Å². The van der Waals surface area contributed by atoms with Crippen molar-refractivity contribution < 1.29 is 19.1 Å². The molecule has 16 heavy (non-hydrogen) atoms. The van der Waals surface area contributed by atoms with Crippen molar-refractivity contribution in [3.63, 3.8) is 0 Å². The fourth-order valence-corrected chi connectivity index (χ4v) is 1.09. The van der Waals surface area contributed by atoms with Gasteiger partial charge < -0.3 is 19.6 Å². The van der Waals surface area contributed by atoms with Gasteiger partial charge in [0, 0.05) is 13.2 Å². The van der Waals surface area contributed by atoms with Gasteiger partial charge in [0.05, 0.1) is 6.61 Å². The van der Waals surface area contributed by atoms with E-state index in [1.807, 2.05) is 0 Å². The van der Waals surface area contributed by atoms with Crippen LogP contribution >= 0.6 is 0 Å². The number of hydrogen-bond donors (Lipinski definition) is 2. The molecule has 1 heterocycles. The molecule has 90 valence electrons. The summed E-state index contributed by atoms with van der Waals surface area (Å²) in [6, 6.07) is 0.293. The maximum Gasteiger partial charge on any atom is 0.360 e. The normalized spacial score (nSPS) is 10.1. The molecule has 0 aliphatic rings. The minimum atomic E-state index is -0.491. The van der Waals surface area contributed by atoms with Crippen LogP contribution in [0.5, 0.6) is 0 Å². The van der Waals surface area contributed by atoms with E-state index in [2.05, 4.69) is 10.3 Å². The molecule has 0 aromatic carbocycles. The van der Waals surface area contributed by atoms with Gasteiger partial charge in [-0.15, -0.1) is 0 Å². The Morgan fingerprint density at radius 2 is 2.44 bits per heavy atom. The fourth-order valence-electron chi connectivity index (χ4n) is 1.09. The number of aromatic nitrogens is 1. The summed E-state index contributed by atoms with van der Waals surface area (Å²) in [4.78, 5) is 15.1. The number of aliphatic hydroxyl groups is 1. The number of unbranched alkanes of at least 4 members (excludes halogenated alkanes) is 1. The van der Waals surface area contributed by atoms with Crippen molar-refractivity contribution in [3.8, 4) is 0 Å². The van der Waals surface area contributed by atoms with Crippen LogP contribution in [0.1, 0.15) is 30.3 Å². The Kier molecular flexibility index (Phi) is 5.35. The van der Waals surface area contributed by atoms with E-state index in [0.717, 1.165) is 12.8 Å². The quantitative estimate of drug-likeness (QED) is 0.535. The molecule has 0 bridgehead atoms. The summed E-state index contributed by atoms with van der Waals surface area (Å²) in [6.07, 6.45) is 2.79. The van der Waals surface area contributed by atoms with E-state index in [9.17, 15) is 4.79 Å². The molecule has 0 fully saturated rings. The molecule has 6 heteroatoms. The van der Waals surface area contributed by atoms with Crippen molar-refractivity contribution in [2.24, 2.45) is 0 Å². The summed E-state index contributed by atoms with van der Waals surface area (Å²) >= 11 is 0. The van der Waals surface area contributed by atoms with E-state index in [1.165, 1.54) is 6.26 Å². The van der Waals surface area contributed by atoms with E-state index < -0.39 is 5.97 Å². The van der Waals surface area contributed by atoms with Crippen LogP contribution in [0.15, 0.2) is 10.7 Å². The molecule has 1 rings (SSSR count). The minimum absolute atomic E-state index is 0.159. The first-order valence-corrected chi connectivity index (χ1v) is 5.25. The third-order valence-corrected chi connectivity index (χ3v) is 1.85. The van der Waals surface area contributed by atoms with E-state index in [0.29, 0.717) is 19.2 Å². The van der Waals surface area contributed by atoms with Crippen LogP contribution in [0.2, 0.25) is 0 Å². The Labute approximate surface area is 93.6 Å². The van der Waals surface area contributed by atoms with Gasteiger partial charge in [-0.3, -0.25) is 0 Å². The van der Waals surface area contributed by atoms with Gasteiger partial charge in [0.15, 0.2) is 5.69 Å². The van der Waals surface area contributed by atoms with Crippen LogP contribution < -0.4 is 5.32 Å². The first-order valence-electron chi connectivity index (χ1n) is 5.25. The first-order chi connectivity index (χ1) is 7.77. The maximum atomic E-state index is 11.2. The molecule has 0 atom stereocenters. The fraction of sp³-hybridized carbons (Fsp3) is 0.600. The van der Waals surface area contributed by atoms with Crippen molar-refractivity contribution in [1.29, 1.82) is 0 Å². The van der Waals surface area contributed by atoms with Crippen LogP contribution in [0.3, 0.4) is 0 Å². The third kappa shape index (κ3) is 3.90. The monoisotopic (exact) mass is 228 g/mol. The number of nitrogens with zero attached hydrogens (tertiary/aromatic N) is 1.